The van der Waals surface area contributed by atoms with Crippen LogP contribution in [0.2, 0.25) is 10.0 Å². The van der Waals surface area contributed by atoms with E-state index in [9.17, 15) is 4.79 Å². The van der Waals surface area contributed by atoms with Crippen molar-refractivity contribution in [2.75, 3.05) is 19.8 Å². The Kier molecular flexibility index (Phi) is 5.04. The van der Waals surface area contributed by atoms with Gasteiger partial charge in [0, 0.05) is 40.2 Å². The molecule has 2 aromatic carbocycles. The summed E-state index contributed by atoms with van der Waals surface area (Å²) in [5.41, 5.74) is 7.11. The molecule has 0 radical (unpaired) electrons. The van der Waals surface area contributed by atoms with Crippen LogP contribution in [0.1, 0.15) is 10.4 Å². The SMILES string of the molecule is CN(C)C(=O)c1ccc(Sc2cc(Cl)ccc2Cl)c(N)c1. The molecule has 3 nitrogen and oxygen atoms in total. The van der Waals surface area contributed by atoms with Crippen LogP contribution in [0.15, 0.2) is 46.2 Å². The topological polar surface area (TPSA) is 46.3 Å². The van der Waals surface area contributed by atoms with Crippen molar-refractivity contribution in [1.82, 2.24) is 4.90 Å². The maximum atomic E-state index is 11.9. The van der Waals surface area contributed by atoms with Gasteiger partial charge in [0.05, 0.1) is 5.02 Å². The summed E-state index contributed by atoms with van der Waals surface area (Å²) >= 11 is 13.5. The molecule has 2 N–H and O–H groups in total. The monoisotopic (exact) mass is 340 g/mol. The lowest BCUT2D eigenvalue weighted by molar-refractivity contribution is 0.0827. The number of halogens is 2. The Morgan fingerprint density at radius 3 is 2.43 bits per heavy atom. The summed E-state index contributed by atoms with van der Waals surface area (Å²) in [5, 5.41) is 1.22. The zero-order chi connectivity index (χ0) is 15.6. The van der Waals surface area contributed by atoms with Crippen molar-refractivity contribution in [2.45, 2.75) is 9.79 Å². The fraction of sp³-hybridized carbons (Fsp3) is 0.133. The van der Waals surface area contributed by atoms with Crippen LogP contribution >= 0.6 is 35.0 Å². The van der Waals surface area contributed by atoms with Gasteiger partial charge in [-0.25, -0.2) is 0 Å². The number of anilines is 1. The van der Waals surface area contributed by atoms with Crippen LogP contribution in [0.5, 0.6) is 0 Å². The molecule has 0 fully saturated rings. The van der Waals surface area contributed by atoms with E-state index in [1.807, 2.05) is 6.07 Å². The van der Waals surface area contributed by atoms with E-state index in [1.165, 1.54) is 16.7 Å². The molecule has 0 unspecified atom stereocenters. The number of nitrogens with two attached hydrogens (primary N) is 1. The quantitative estimate of drug-likeness (QED) is 0.840. The molecule has 0 heterocycles. The van der Waals surface area contributed by atoms with Gasteiger partial charge in [0.2, 0.25) is 0 Å². The highest BCUT2D eigenvalue weighted by Gasteiger charge is 2.12. The van der Waals surface area contributed by atoms with Crippen LogP contribution in [0, 0.1) is 0 Å². The lowest BCUT2D eigenvalue weighted by Gasteiger charge is -2.12. The van der Waals surface area contributed by atoms with Crippen molar-refractivity contribution in [2.24, 2.45) is 0 Å². The predicted molar refractivity (Wildman–Crippen MR) is 89.5 cm³/mol. The average molecular weight is 341 g/mol. The summed E-state index contributed by atoms with van der Waals surface area (Å²) < 4.78 is 0. The first-order valence-corrected chi connectivity index (χ1v) is 7.70. The first-order chi connectivity index (χ1) is 9.88. The molecule has 0 bridgehead atoms. The van der Waals surface area contributed by atoms with Gasteiger partial charge >= 0.3 is 0 Å². The highest BCUT2D eigenvalue weighted by molar-refractivity contribution is 7.99. The number of nitrogen functional groups attached to an aromatic ring is 1. The molecular weight excluding hydrogens is 327 g/mol. The number of amides is 1. The summed E-state index contributed by atoms with van der Waals surface area (Å²) in [6.07, 6.45) is 0. The van der Waals surface area contributed by atoms with Crippen molar-refractivity contribution >= 4 is 46.6 Å². The minimum atomic E-state index is -0.0842. The summed E-state index contributed by atoms with van der Waals surface area (Å²) in [5.74, 6) is -0.0842. The lowest BCUT2D eigenvalue weighted by Crippen LogP contribution is -2.21. The molecule has 2 rings (SSSR count). The highest BCUT2D eigenvalue weighted by Crippen LogP contribution is 2.37. The molecule has 0 aliphatic heterocycles. The Labute approximate surface area is 138 Å². The molecule has 110 valence electrons. The third-order valence-corrected chi connectivity index (χ3v) is 4.60. The van der Waals surface area contributed by atoms with Gasteiger partial charge in [0.1, 0.15) is 0 Å². The fourth-order valence-corrected chi connectivity index (χ4v) is 3.08. The predicted octanol–water partition coefficient (Wildman–Crippen LogP) is 4.43. The molecule has 0 atom stereocenters. The largest absolute Gasteiger partial charge is 0.398 e. The van der Waals surface area contributed by atoms with Gasteiger partial charge in [-0.2, -0.15) is 0 Å². The number of carbonyl (C=O) groups excluding carboxylic acids is 1. The van der Waals surface area contributed by atoms with Gasteiger partial charge in [-0.05, 0) is 36.4 Å². The Bertz CT molecular complexity index is 689. The molecule has 0 aromatic heterocycles. The van der Waals surface area contributed by atoms with Crippen LogP contribution in [0.3, 0.4) is 0 Å². The van der Waals surface area contributed by atoms with Gasteiger partial charge in [-0.3, -0.25) is 4.79 Å². The van der Waals surface area contributed by atoms with Gasteiger partial charge < -0.3 is 10.6 Å². The molecule has 1 amide bonds. The molecule has 0 saturated carbocycles. The number of carbonyl (C=O) groups is 1. The molecule has 0 spiro atoms. The normalized spacial score (nSPS) is 10.5. The minimum Gasteiger partial charge on any atom is -0.398 e. The van der Waals surface area contributed by atoms with E-state index in [-0.39, 0.29) is 5.91 Å². The molecule has 0 aliphatic rings. The van der Waals surface area contributed by atoms with E-state index in [4.69, 9.17) is 28.9 Å². The van der Waals surface area contributed by atoms with Crippen molar-refractivity contribution in [3.8, 4) is 0 Å². The second-order valence-electron chi connectivity index (χ2n) is 4.63. The summed E-state index contributed by atoms with van der Waals surface area (Å²) in [6, 6.07) is 10.5. The smallest absolute Gasteiger partial charge is 0.253 e. The van der Waals surface area contributed by atoms with E-state index in [0.717, 1.165) is 9.79 Å². The van der Waals surface area contributed by atoms with E-state index >= 15 is 0 Å². The first-order valence-electron chi connectivity index (χ1n) is 6.12. The Morgan fingerprint density at radius 1 is 1.10 bits per heavy atom. The maximum absolute atomic E-state index is 11.9. The second-order valence-corrected chi connectivity index (χ2v) is 6.56. The molecule has 2 aromatic rings. The lowest BCUT2D eigenvalue weighted by atomic mass is 10.2. The van der Waals surface area contributed by atoms with Gasteiger partial charge in [0.15, 0.2) is 0 Å². The zero-order valence-corrected chi connectivity index (χ0v) is 13.9. The van der Waals surface area contributed by atoms with E-state index in [2.05, 4.69) is 0 Å². The maximum Gasteiger partial charge on any atom is 0.253 e. The summed E-state index contributed by atoms with van der Waals surface area (Å²) in [7, 11) is 3.40. The Morgan fingerprint density at radius 2 is 1.81 bits per heavy atom. The third-order valence-electron chi connectivity index (χ3n) is 2.78. The van der Waals surface area contributed by atoms with Crippen LogP contribution in [0.25, 0.3) is 0 Å². The Hall–Kier alpha value is -1.36. The number of benzene rings is 2. The van der Waals surface area contributed by atoms with Gasteiger partial charge in [-0.1, -0.05) is 35.0 Å². The van der Waals surface area contributed by atoms with Crippen LogP contribution in [-0.2, 0) is 0 Å². The minimum absolute atomic E-state index is 0.0842. The second kappa shape index (κ2) is 6.60. The first kappa shape index (κ1) is 16.0. The number of rotatable bonds is 3. The number of hydrogen-bond acceptors (Lipinski definition) is 3. The van der Waals surface area contributed by atoms with Crippen molar-refractivity contribution < 1.29 is 4.79 Å². The fourth-order valence-electron chi connectivity index (χ4n) is 1.71. The molecule has 21 heavy (non-hydrogen) atoms. The van der Waals surface area contributed by atoms with Crippen molar-refractivity contribution in [3.63, 3.8) is 0 Å². The standard InChI is InChI=1S/C15H14Cl2N2OS/c1-19(2)15(20)9-3-6-13(12(18)7-9)21-14-8-10(16)4-5-11(14)17/h3-8H,18H2,1-2H3. The molecule has 0 aliphatic carbocycles. The van der Waals surface area contributed by atoms with E-state index in [0.29, 0.717) is 21.3 Å². The number of nitrogens with zero attached hydrogens (tertiary/aromatic N) is 1. The van der Waals surface area contributed by atoms with Gasteiger partial charge in [0.25, 0.3) is 5.91 Å². The van der Waals surface area contributed by atoms with Crippen molar-refractivity contribution in [1.29, 1.82) is 0 Å². The van der Waals surface area contributed by atoms with Gasteiger partial charge in [-0.15, -0.1) is 0 Å². The van der Waals surface area contributed by atoms with E-state index < -0.39 is 0 Å². The van der Waals surface area contributed by atoms with Crippen LogP contribution in [0.4, 0.5) is 5.69 Å². The van der Waals surface area contributed by atoms with Crippen molar-refractivity contribution in [3.05, 3.63) is 52.0 Å². The molecular formula is C15H14Cl2N2OS. The summed E-state index contributed by atoms with van der Waals surface area (Å²) in [6.45, 7) is 0. The Balaban J connectivity index is 2.30. The average Bonchev–Trinajstić information content (AvgIpc) is 2.44. The highest BCUT2D eigenvalue weighted by atomic mass is 35.5. The molecule has 6 heteroatoms. The third kappa shape index (κ3) is 3.84. The zero-order valence-electron chi connectivity index (χ0n) is 11.6. The molecule has 0 saturated heterocycles. The number of hydrogen-bond donors (Lipinski definition) is 1. The van der Waals surface area contributed by atoms with E-state index in [1.54, 1.807) is 44.4 Å². The summed E-state index contributed by atoms with van der Waals surface area (Å²) in [4.78, 5) is 15.0. The van der Waals surface area contributed by atoms with Crippen LogP contribution < -0.4 is 5.73 Å². The van der Waals surface area contributed by atoms with Crippen LogP contribution in [-0.4, -0.2) is 24.9 Å².